The maximum absolute atomic E-state index is 12.0. The van der Waals surface area contributed by atoms with Crippen molar-refractivity contribution >= 4 is 46.7 Å². The van der Waals surface area contributed by atoms with E-state index in [9.17, 15) is 10.1 Å². The molecule has 2 aromatic carbocycles. The summed E-state index contributed by atoms with van der Waals surface area (Å²) in [5.41, 5.74) is 2.28. The van der Waals surface area contributed by atoms with Gasteiger partial charge in [-0.25, -0.2) is 0 Å². The van der Waals surface area contributed by atoms with Crippen LogP contribution in [0.3, 0.4) is 0 Å². The highest BCUT2D eigenvalue weighted by Crippen LogP contribution is 2.43. The van der Waals surface area contributed by atoms with Crippen LogP contribution >= 0.6 is 46.7 Å². The molecule has 146 valence electrons. The fraction of sp³-hybridized carbons (Fsp3) is 0.200. The molecule has 1 fully saturated rings. The molecule has 1 aliphatic rings. The third kappa shape index (κ3) is 5.47. The van der Waals surface area contributed by atoms with Crippen LogP contribution in [0.25, 0.3) is 0 Å². The molecule has 28 heavy (non-hydrogen) atoms. The lowest BCUT2D eigenvalue weighted by Gasteiger charge is -2.27. The van der Waals surface area contributed by atoms with E-state index in [0.717, 1.165) is 22.6 Å². The molecule has 3 rings (SSSR count). The van der Waals surface area contributed by atoms with E-state index in [4.69, 9.17) is 23.2 Å². The summed E-state index contributed by atoms with van der Waals surface area (Å²) < 4.78 is 0.559. The van der Waals surface area contributed by atoms with Gasteiger partial charge in [0.05, 0.1) is 4.92 Å². The lowest BCUT2D eigenvalue weighted by Crippen LogP contribution is -2.26. The summed E-state index contributed by atoms with van der Waals surface area (Å²) in [5, 5.41) is 12.0. The van der Waals surface area contributed by atoms with Crippen LogP contribution in [0.2, 0.25) is 0 Å². The van der Waals surface area contributed by atoms with Gasteiger partial charge in [0.1, 0.15) is 14.4 Å². The summed E-state index contributed by atoms with van der Waals surface area (Å²) in [5.74, 6) is 1.67. The average molecular weight is 453 g/mol. The molecule has 0 saturated carbocycles. The van der Waals surface area contributed by atoms with Gasteiger partial charge in [-0.15, -0.1) is 23.5 Å². The summed E-state index contributed by atoms with van der Waals surface area (Å²) in [6.45, 7) is 0.905. The molecule has 0 radical (unpaired) electrons. The maximum Gasteiger partial charge on any atom is 0.314 e. The molecule has 0 bridgehead atoms. The first-order chi connectivity index (χ1) is 13.6. The van der Waals surface area contributed by atoms with Crippen LogP contribution < -0.4 is 0 Å². The van der Waals surface area contributed by atoms with Crippen molar-refractivity contribution in [1.82, 2.24) is 4.90 Å². The molecule has 0 amide bonds. The van der Waals surface area contributed by atoms with Gasteiger partial charge in [0, 0.05) is 24.6 Å². The van der Waals surface area contributed by atoms with E-state index in [1.807, 2.05) is 65.6 Å². The van der Waals surface area contributed by atoms with E-state index >= 15 is 0 Å². The number of hydrogen-bond donors (Lipinski definition) is 0. The number of nitrogens with zero attached hydrogens (tertiary/aromatic N) is 2. The topological polar surface area (TPSA) is 46.4 Å². The summed E-state index contributed by atoms with van der Waals surface area (Å²) >= 11 is 15.4. The third-order valence-corrected chi connectivity index (χ3v) is 7.13. The zero-order valence-electron chi connectivity index (χ0n) is 14.9. The molecular weight excluding hydrogens is 435 g/mol. The summed E-state index contributed by atoms with van der Waals surface area (Å²) in [7, 11) is 0. The Morgan fingerprint density at radius 1 is 0.929 bits per heavy atom. The lowest BCUT2D eigenvalue weighted by molar-refractivity contribution is -0.422. The Morgan fingerprint density at radius 2 is 1.39 bits per heavy atom. The Bertz CT molecular complexity index is 836. The number of halogens is 2. The van der Waals surface area contributed by atoms with Crippen molar-refractivity contribution in [2.45, 2.75) is 13.1 Å². The maximum atomic E-state index is 12.0. The third-order valence-electron chi connectivity index (χ3n) is 4.08. The van der Waals surface area contributed by atoms with Gasteiger partial charge in [-0.2, -0.15) is 0 Å². The van der Waals surface area contributed by atoms with Crippen molar-refractivity contribution in [3.63, 3.8) is 0 Å². The number of thioether (sulfide) groups is 2. The molecule has 2 aromatic rings. The largest absolute Gasteiger partial charge is 0.355 e. The number of benzene rings is 2. The molecule has 0 aromatic heterocycles. The van der Waals surface area contributed by atoms with E-state index in [0.29, 0.717) is 17.3 Å². The second-order valence-electron chi connectivity index (χ2n) is 6.03. The summed E-state index contributed by atoms with van der Waals surface area (Å²) in [6.07, 6.45) is 0. The van der Waals surface area contributed by atoms with Gasteiger partial charge in [0.2, 0.25) is 0 Å². The Labute approximate surface area is 182 Å². The average Bonchev–Trinajstić information content (AvgIpc) is 3.20. The van der Waals surface area contributed by atoms with Crippen LogP contribution in [0.5, 0.6) is 0 Å². The van der Waals surface area contributed by atoms with Gasteiger partial charge in [-0.3, -0.25) is 10.1 Å². The minimum Gasteiger partial charge on any atom is -0.355 e. The standard InChI is InChI=1S/C20H18Cl2N2O2S2/c21-19(22)17(18(24(25)26)20-27-11-12-28-20)23(13-15-7-3-1-4-8-15)14-16-9-5-2-6-10-16/h1-10H,11-14H2. The predicted molar refractivity (Wildman–Crippen MR) is 120 cm³/mol. The quantitative estimate of drug-likeness (QED) is 0.366. The van der Waals surface area contributed by atoms with E-state index in [1.54, 1.807) is 0 Å². The van der Waals surface area contributed by atoms with Crippen LogP contribution in [-0.4, -0.2) is 21.3 Å². The summed E-state index contributed by atoms with van der Waals surface area (Å²) in [4.78, 5) is 13.5. The van der Waals surface area contributed by atoms with Crippen molar-refractivity contribution in [1.29, 1.82) is 0 Å². The highest BCUT2D eigenvalue weighted by Gasteiger charge is 2.33. The van der Waals surface area contributed by atoms with Gasteiger partial charge in [-0.1, -0.05) is 83.9 Å². The van der Waals surface area contributed by atoms with Crippen LogP contribution in [0.15, 0.2) is 80.8 Å². The van der Waals surface area contributed by atoms with Crippen molar-refractivity contribution < 1.29 is 4.92 Å². The van der Waals surface area contributed by atoms with Gasteiger partial charge in [0.15, 0.2) is 0 Å². The normalized spacial score (nSPS) is 13.3. The molecule has 4 nitrogen and oxygen atoms in total. The zero-order chi connectivity index (χ0) is 19.9. The van der Waals surface area contributed by atoms with Crippen LogP contribution in [-0.2, 0) is 13.1 Å². The van der Waals surface area contributed by atoms with Gasteiger partial charge in [-0.05, 0) is 11.1 Å². The van der Waals surface area contributed by atoms with Crippen LogP contribution in [0, 0.1) is 10.1 Å². The number of nitro groups is 1. The molecular formula is C20H18Cl2N2O2S2. The monoisotopic (exact) mass is 452 g/mol. The highest BCUT2D eigenvalue weighted by atomic mass is 35.5. The van der Waals surface area contributed by atoms with Crippen molar-refractivity contribution in [2.24, 2.45) is 0 Å². The molecule has 8 heteroatoms. The van der Waals surface area contributed by atoms with E-state index in [1.165, 1.54) is 23.5 Å². The fourth-order valence-corrected chi connectivity index (χ4v) is 5.79. The predicted octanol–water partition coefficient (Wildman–Crippen LogP) is 6.26. The first-order valence-electron chi connectivity index (χ1n) is 8.59. The Balaban J connectivity index is 2.05. The van der Waals surface area contributed by atoms with Gasteiger partial charge in [0.25, 0.3) is 0 Å². The minimum atomic E-state index is -0.371. The van der Waals surface area contributed by atoms with Crippen molar-refractivity contribution in [2.75, 3.05) is 11.5 Å². The van der Waals surface area contributed by atoms with Crippen molar-refractivity contribution in [3.8, 4) is 0 Å². The zero-order valence-corrected chi connectivity index (χ0v) is 18.0. The van der Waals surface area contributed by atoms with Gasteiger partial charge < -0.3 is 4.90 Å². The highest BCUT2D eigenvalue weighted by molar-refractivity contribution is 8.25. The van der Waals surface area contributed by atoms with E-state index in [-0.39, 0.29) is 20.8 Å². The second kappa shape index (κ2) is 10.3. The molecule has 1 heterocycles. The Hall–Kier alpha value is -1.60. The van der Waals surface area contributed by atoms with Crippen LogP contribution in [0.1, 0.15) is 11.1 Å². The Morgan fingerprint density at radius 3 is 1.79 bits per heavy atom. The summed E-state index contributed by atoms with van der Waals surface area (Å²) in [6, 6.07) is 19.6. The molecule has 1 aliphatic heterocycles. The first kappa shape index (κ1) is 21.1. The van der Waals surface area contributed by atoms with Crippen molar-refractivity contribution in [3.05, 3.63) is 102 Å². The van der Waals surface area contributed by atoms with Crippen LogP contribution in [0.4, 0.5) is 0 Å². The first-order valence-corrected chi connectivity index (χ1v) is 11.3. The smallest absolute Gasteiger partial charge is 0.314 e. The SMILES string of the molecule is O=[N+]([O-])C(=C1SCCS1)C(=C(Cl)Cl)N(Cc1ccccc1)Cc1ccccc1. The molecule has 0 N–H and O–H groups in total. The Kier molecular flexibility index (Phi) is 7.73. The fourth-order valence-electron chi connectivity index (χ4n) is 2.89. The van der Waals surface area contributed by atoms with E-state index < -0.39 is 0 Å². The molecule has 0 aliphatic carbocycles. The lowest BCUT2D eigenvalue weighted by atomic mass is 10.1. The molecule has 0 unspecified atom stereocenters. The van der Waals surface area contributed by atoms with Gasteiger partial charge >= 0.3 is 5.70 Å². The molecule has 0 atom stereocenters. The molecule has 0 spiro atoms. The minimum absolute atomic E-state index is 0.0145. The number of hydrogen-bond acceptors (Lipinski definition) is 5. The molecule has 1 saturated heterocycles. The van der Waals surface area contributed by atoms with E-state index in [2.05, 4.69) is 0 Å². The number of rotatable bonds is 7. The second-order valence-corrected chi connectivity index (χ2v) is 9.44.